The van der Waals surface area contributed by atoms with Crippen LogP contribution in [0.1, 0.15) is 29.7 Å². The molecule has 3 heteroatoms. The van der Waals surface area contributed by atoms with Gasteiger partial charge in [0.25, 0.3) is 0 Å². The van der Waals surface area contributed by atoms with Gasteiger partial charge in [-0.25, -0.2) is 8.78 Å². The summed E-state index contributed by atoms with van der Waals surface area (Å²) >= 11 is 0. The first-order valence-electron chi connectivity index (χ1n) is 6.80. The van der Waals surface area contributed by atoms with Crippen LogP contribution in [0, 0.1) is 18.6 Å². The molecular weight excluding hydrogens is 256 g/mol. The van der Waals surface area contributed by atoms with E-state index in [1.165, 1.54) is 23.3 Å². The van der Waals surface area contributed by atoms with Gasteiger partial charge >= 0.3 is 0 Å². The van der Waals surface area contributed by atoms with E-state index in [4.69, 9.17) is 0 Å². The number of hydrogen-bond acceptors (Lipinski definition) is 1. The largest absolute Gasteiger partial charge is 0.310 e. The number of rotatable bonds is 5. The van der Waals surface area contributed by atoms with E-state index in [1.54, 1.807) is 0 Å². The van der Waals surface area contributed by atoms with Gasteiger partial charge in [-0.05, 0) is 55.6 Å². The highest BCUT2D eigenvalue weighted by molar-refractivity contribution is 5.26. The molecule has 0 radical (unpaired) electrons. The molecule has 0 aliphatic rings. The van der Waals surface area contributed by atoms with E-state index in [1.807, 2.05) is 19.1 Å². The smallest absolute Gasteiger partial charge is 0.126 e. The van der Waals surface area contributed by atoms with Crippen LogP contribution in [-0.2, 0) is 6.42 Å². The van der Waals surface area contributed by atoms with Gasteiger partial charge in [0.2, 0.25) is 0 Å². The Hall–Kier alpha value is -1.74. The molecule has 0 amide bonds. The molecule has 0 saturated carbocycles. The second kappa shape index (κ2) is 6.62. The van der Waals surface area contributed by atoms with Crippen molar-refractivity contribution < 1.29 is 8.78 Å². The highest BCUT2D eigenvalue weighted by Gasteiger charge is 2.08. The minimum atomic E-state index is -0.535. The van der Waals surface area contributed by atoms with Crippen molar-refractivity contribution in [2.75, 3.05) is 6.54 Å². The molecule has 0 saturated heterocycles. The zero-order valence-electron chi connectivity index (χ0n) is 11.8. The van der Waals surface area contributed by atoms with Gasteiger partial charge in [0.15, 0.2) is 0 Å². The molecule has 2 aromatic carbocycles. The fourth-order valence-electron chi connectivity index (χ4n) is 2.26. The van der Waals surface area contributed by atoms with Crippen LogP contribution < -0.4 is 5.32 Å². The molecule has 2 aromatic rings. The van der Waals surface area contributed by atoms with Crippen molar-refractivity contribution in [1.82, 2.24) is 5.32 Å². The average molecular weight is 275 g/mol. The first-order valence-corrected chi connectivity index (χ1v) is 6.80. The zero-order valence-corrected chi connectivity index (χ0v) is 11.8. The lowest BCUT2D eigenvalue weighted by Gasteiger charge is -2.15. The Kier molecular flexibility index (Phi) is 4.85. The topological polar surface area (TPSA) is 12.0 Å². The third-order valence-electron chi connectivity index (χ3n) is 3.49. The molecule has 1 N–H and O–H groups in total. The van der Waals surface area contributed by atoms with Crippen LogP contribution in [0.5, 0.6) is 0 Å². The summed E-state index contributed by atoms with van der Waals surface area (Å²) < 4.78 is 26.3. The van der Waals surface area contributed by atoms with Gasteiger partial charge < -0.3 is 5.32 Å². The van der Waals surface area contributed by atoms with Crippen LogP contribution in [0.4, 0.5) is 8.78 Å². The van der Waals surface area contributed by atoms with Crippen molar-refractivity contribution in [3.8, 4) is 0 Å². The molecule has 0 bridgehead atoms. The molecule has 0 aromatic heterocycles. The quantitative estimate of drug-likeness (QED) is 0.863. The molecule has 0 fully saturated rings. The molecular formula is C17H19F2N. The number of nitrogens with one attached hydrogen (secondary N) is 1. The number of halogens is 2. The Balaban J connectivity index is 1.92. The molecule has 0 aliphatic carbocycles. The maximum atomic E-state index is 13.2. The Labute approximate surface area is 118 Å². The summed E-state index contributed by atoms with van der Waals surface area (Å²) in [6.07, 6.45) is 0.898. The van der Waals surface area contributed by atoms with Crippen LogP contribution in [-0.4, -0.2) is 6.54 Å². The Morgan fingerprint density at radius 1 is 1.05 bits per heavy atom. The normalized spacial score (nSPS) is 12.4. The predicted molar refractivity (Wildman–Crippen MR) is 77.7 cm³/mol. The summed E-state index contributed by atoms with van der Waals surface area (Å²) in [5.74, 6) is -1.07. The maximum absolute atomic E-state index is 13.2. The van der Waals surface area contributed by atoms with Crippen molar-refractivity contribution in [2.45, 2.75) is 26.3 Å². The molecule has 0 aliphatic heterocycles. The SMILES string of the molecule is Cc1ccccc1CCNC(C)c1cc(F)cc(F)c1. The summed E-state index contributed by atoms with van der Waals surface area (Å²) in [5.41, 5.74) is 3.18. The van der Waals surface area contributed by atoms with Gasteiger partial charge in [-0.2, -0.15) is 0 Å². The lowest BCUT2D eigenvalue weighted by molar-refractivity contribution is 0.547. The minimum absolute atomic E-state index is 0.0794. The summed E-state index contributed by atoms with van der Waals surface area (Å²) in [5, 5.41) is 3.30. The average Bonchev–Trinajstić information content (AvgIpc) is 2.39. The number of benzene rings is 2. The van der Waals surface area contributed by atoms with E-state index >= 15 is 0 Å². The summed E-state index contributed by atoms with van der Waals surface area (Å²) in [6.45, 7) is 4.76. The Bertz CT molecular complexity index is 561. The number of aryl methyl sites for hydroxylation is 1. The zero-order chi connectivity index (χ0) is 14.5. The lowest BCUT2D eigenvalue weighted by Crippen LogP contribution is -2.21. The van der Waals surface area contributed by atoms with Gasteiger partial charge in [-0.3, -0.25) is 0 Å². The molecule has 0 heterocycles. The standard InChI is InChI=1S/C17H19F2N/c1-12-5-3-4-6-14(12)7-8-20-13(2)15-9-16(18)11-17(19)10-15/h3-6,9-11,13,20H,7-8H2,1-2H3. The molecule has 106 valence electrons. The molecule has 0 spiro atoms. The van der Waals surface area contributed by atoms with Crippen LogP contribution >= 0.6 is 0 Å². The van der Waals surface area contributed by atoms with E-state index in [2.05, 4.69) is 24.4 Å². The predicted octanol–water partition coefficient (Wildman–Crippen LogP) is 4.17. The summed E-state index contributed by atoms with van der Waals surface area (Å²) in [4.78, 5) is 0. The van der Waals surface area contributed by atoms with Crippen molar-refractivity contribution in [1.29, 1.82) is 0 Å². The first kappa shape index (κ1) is 14.7. The highest BCUT2D eigenvalue weighted by Crippen LogP contribution is 2.16. The van der Waals surface area contributed by atoms with Gasteiger partial charge in [0.1, 0.15) is 11.6 Å². The van der Waals surface area contributed by atoms with Crippen LogP contribution in [0.3, 0.4) is 0 Å². The number of hydrogen-bond donors (Lipinski definition) is 1. The van der Waals surface area contributed by atoms with Gasteiger partial charge in [0.05, 0.1) is 0 Å². The second-order valence-electron chi connectivity index (χ2n) is 5.06. The van der Waals surface area contributed by atoms with E-state index in [0.717, 1.165) is 19.0 Å². The monoisotopic (exact) mass is 275 g/mol. The van der Waals surface area contributed by atoms with Crippen LogP contribution in [0.2, 0.25) is 0 Å². The summed E-state index contributed by atoms with van der Waals surface area (Å²) in [6, 6.07) is 11.8. The second-order valence-corrected chi connectivity index (χ2v) is 5.06. The third kappa shape index (κ3) is 3.87. The molecule has 1 unspecified atom stereocenters. The molecule has 20 heavy (non-hydrogen) atoms. The van der Waals surface area contributed by atoms with Crippen molar-refractivity contribution in [3.63, 3.8) is 0 Å². The molecule has 2 rings (SSSR count). The van der Waals surface area contributed by atoms with Gasteiger partial charge in [-0.15, -0.1) is 0 Å². The van der Waals surface area contributed by atoms with E-state index in [0.29, 0.717) is 5.56 Å². The highest BCUT2D eigenvalue weighted by atomic mass is 19.1. The van der Waals surface area contributed by atoms with Crippen LogP contribution in [0.15, 0.2) is 42.5 Å². The minimum Gasteiger partial charge on any atom is -0.310 e. The third-order valence-corrected chi connectivity index (χ3v) is 3.49. The fourth-order valence-corrected chi connectivity index (χ4v) is 2.26. The lowest BCUT2D eigenvalue weighted by atomic mass is 10.0. The van der Waals surface area contributed by atoms with Crippen molar-refractivity contribution in [3.05, 3.63) is 70.8 Å². The molecule has 1 atom stereocenters. The van der Waals surface area contributed by atoms with Gasteiger partial charge in [-0.1, -0.05) is 24.3 Å². The van der Waals surface area contributed by atoms with Crippen molar-refractivity contribution >= 4 is 0 Å². The van der Waals surface area contributed by atoms with Crippen LogP contribution in [0.25, 0.3) is 0 Å². The Morgan fingerprint density at radius 2 is 1.70 bits per heavy atom. The van der Waals surface area contributed by atoms with E-state index in [-0.39, 0.29) is 6.04 Å². The summed E-state index contributed by atoms with van der Waals surface area (Å²) in [7, 11) is 0. The first-order chi connectivity index (χ1) is 9.56. The maximum Gasteiger partial charge on any atom is 0.126 e. The van der Waals surface area contributed by atoms with Crippen molar-refractivity contribution in [2.24, 2.45) is 0 Å². The molecule has 1 nitrogen and oxygen atoms in total. The Morgan fingerprint density at radius 3 is 2.35 bits per heavy atom. The fraction of sp³-hybridized carbons (Fsp3) is 0.294. The van der Waals surface area contributed by atoms with Gasteiger partial charge in [0, 0.05) is 12.1 Å². The van der Waals surface area contributed by atoms with E-state index in [9.17, 15) is 8.78 Å². The van der Waals surface area contributed by atoms with E-state index < -0.39 is 11.6 Å².